The number of hydrogen-bond donors (Lipinski definition) is 2. The first-order chi connectivity index (χ1) is 4.29. The number of rotatable bonds is 0. The molecular weight excluding hydrogens is 116 g/mol. The molecule has 0 aromatic rings. The lowest BCUT2D eigenvalue weighted by Crippen LogP contribution is -1.72. The molecule has 48 valence electrons. The van der Waals surface area contributed by atoms with Gasteiger partial charge in [-0.3, -0.25) is 0 Å². The zero-order valence-corrected chi connectivity index (χ0v) is 4.91. The summed E-state index contributed by atoms with van der Waals surface area (Å²) in [7, 11) is 0. The molecule has 9 heavy (non-hydrogen) atoms. The van der Waals surface area contributed by atoms with Crippen LogP contribution in [0, 0.1) is 0 Å². The average Bonchev–Trinajstić information content (AvgIpc) is 1.97. The Bertz CT molecular complexity index is 187. The van der Waals surface area contributed by atoms with Crippen molar-refractivity contribution >= 4 is 0 Å². The smallest absolute Gasteiger partial charge is 0.115 e. The highest BCUT2D eigenvalue weighted by Crippen LogP contribution is 2.05. The third kappa shape index (κ3) is 1.64. The molecule has 0 spiro atoms. The summed E-state index contributed by atoms with van der Waals surface area (Å²) in [6.45, 7) is 0. The first kappa shape index (κ1) is 5.95. The summed E-state index contributed by atoms with van der Waals surface area (Å²) < 4.78 is 0. The van der Waals surface area contributed by atoms with Gasteiger partial charge in [0.1, 0.15) is 5.76 Å². The van der Waals surface area contributed by atoms with Crippen LogP contribution in [0.2, 0.25) is 0 Å². The van der Waals surface area contributed by atoms with E-state index in [-0.39, 0.29) is 11.5 Å². The SMILES string of the molecule is OC1=CC=C(O)CC=C1. The molecule has 0 aromatic heterocycles. The summed E-state index contributed by atoms with van der Waals surface area (Å²) in [5.74, 6) is 0.453. The second-order valence-corrected chi connectivity index (χ2v) is 1.86. The Hall–Kier alpha value is -1.18. The molecule has 0 aromatic carbocycles. The highest BCUT2D eigenvalue weighted by Gasteiger charge is 1.92. The maximum Gasteiger partial charge on any atom is 0.115 e. The summed E-state index contributed by atoms with van der Waals surface area (Å²) in [6.07, 6.45) is 6.69. The molecule has 2 N–H and O–H groups in total. The third-order valence-electron chi connectivity index (χ3n) is 1.06. The Morgan fingerprint density at radius 3 is 2.78 bits per heavy atom. The topological polar surface area (TPSA) is 40.5 Å². The van der Waals surface area contributed by atoms with Gasteiger partial charge in [0.2, 0.25) is 0 Å². The highest BCUT2D eigenvalue weighted by molar-refractivity contribution is 5.23. The van der Waals surface area contributed by atoms with Crippen LogP contribution in [0.1, 0.15) is 6.42 Å². The predicted molar refractivity (Wildman–Crippen MR) is 35.2 cm³/mol. The second kappa shape index (κ2) is 2.40. The van der Waals surface area contributed by atoms with Crippen molar-refractivity contribution in [3.8, 4) is 0 Å². The molecule has 1 rings (SSSR count). The summed E-state index contributed by atoms with van der Waals surface area (Å²) >= 11 is 0. The van der Waals surface area contributed by atoms with Gasteiger partial charge in [-0.15, -0.1) is 0 Å². The van der Waals surface area contributed by atoms with Crippen LogP contribution >= 0.6 is 0 Å². The molecule has 0 aliphatic heterocycles. The Balaban J connectivity index is 2.80. The maximum atomic E-state index is 8.86. The van der Waals surface area contributed by atoms with Crippen molar-refractivity contribution in [3.63, 3.8) is 0 Å². The van der Waals surface area contributed by atoms with Crippen LogP contribution < -0.4 is 0 Å². The minimum Gasteiger partial charge on any atom is -0.512 e. The van der Waals surface area contributed by atoms with E-state index >= 15 is 0 Å². The van der Waals surface area contributed by atoms with Gasteiger partial charge in [0.15, 0.2) is 0 Å². The van der Waals surface area contributed by atoms with Gasteiger partial charge in [-0.2, -0.15) is 0 Å². The van der Waals surface area contributed by atoms with Crippen LogP contribution in [0.3, 0.4) is 0 Å². The lowest BCUT2D eigenvalue weighted by atomic mass is 10.3. The van der Waals surface area contributed by atoms with Crippen LogP contribution in [0.4, 0.5) is 0 Å². The van der Waals surface area contributed by atoms with Crippen LogP contribution in [0.15, 0.2) is 35.8 Å². The molecule has 0 fully saturated rings. The number of hydrogen-bond acceptors (Lipinski definition) is 2. The molecule has 0 radical (unpaired) electrons. The fourth-order valence-corrected chi connectivity index (χ4v) is 0.606. The molecule has 2 heteroatoms. The molecule has 0 amide bonds. The van der Waals surface area contributed by atoms with Crippen LogP contribution in [-0.4, -0.2) is 10.2 Å². The van der Waals surface area contributed by atoms with Crippen molar-refractivity contribution in [2.24, 2.45) is 0 Å². The van der Waals surface area contributed by atoms with Crippen LogP contribution in [-0.2, 0) is 0 Å². The van der Waals surface area contributed by atoms with E-state index in [0.717, 1.165) is 0 Å². The average molecular weight is 124 g/mol. The van der Waals surface area contributed by atoms with Gasteiger partial charge in [-0.25, -0.2) is 0 Å². The first-order valence-corrected chi connectivity index (χ1v) is 2.74. The van der Waals surface area contributed by atoms with Gasteiger partial charge in [0.25, 0.3) is 0 Å². The van der Waals surface area contributed by atoms with E-state index in [1.54, 1.807) is 12.2 Å². The van der Waals surface area contributed by atoms with Crippen molar-refractivity contribution in [1.82, 2.24) is 0 Å². The van der Waals surface area contributed by atoms with Crippen molar-refractivity contribution < 1.29 is 10.2 Å². The summed E-state index contributed by atoms with van der Waals surface area (Å²) in [6, 6.07) is 0. The number of aliphatic hydroxyl groups excluding tert-OH is 2. The van der Waals surface area contributed by atoms with Crippen molar-refractivity contribution in [1.29, 1.82) is 0 Å². The first-order valence-electron chi connectivity index (χ1n) is 2.74. The fourth-order valence-electron chi connectivity index (χ4n) is 0.606. The third-order valence-corrected chi connectivity index (χ3v) is 1.06. The lowest BCUT2D eigenvalue weighted by molar-refractivity contribution is 0.401. The van der Waals surface area contributed by atoms with E-state index < -0.39 is 0 Å². The Morgan fingerprint density at radius 2 is 2.00 bits per heavy atom. The Kier molecular flexibility index (Phi) is 1.58. The molecule has 1 aliphatic rings. The zero-order chi connectivity index (χ0) is 6.69. The summed E-state index contributed by atoms with van der Waals surface area (Å²) in [5, 5.41) is 17.7. The molecule has 1 aliphatic carbocycles. The molecule has 0 saturated heterocycles. The Labute approximate surface area is 53.4 Å². The standard InChI is InChI=1S/C7H8O2/c8-6-2-1-3-7(9)5-4-6/h1-2,4-5,8-9H,3H2. The summed E-state index contributed by atoms with van der Waals surface area (Å²) in [4.78, 5) is 0. The van der Waals surface area contributed by atoms with E-state index in [1.807, 2.05) is 0 Å². The molecule has 0 bridgehead atoms. The molecule has 0 unspecified atom stereocenters. The minimum atomic E-state index is 0.180. The monoisotopic (exact) mass is 124 g/mol. The van der Waals surface area contributed by atoms with Crippen LogP contribution in [0.25, 0.3) is 0 Å². The zero-order valence-electron chi connectivity index (χ0n) is 4.91. The van der Waals surface area contributed by atoms with Gasteiger partial charge in [0, 0.05) is 6.42 Å². The normalized spacial score (nSPS) is 18.2. The Morgan fingerprint density at radius 1 is 1.22 bits per heavy atom. The fraction of sp³-hybridized carbons (Fsp3) is 0.143. The van der Waals surface area contributed by atoms with Crippen molar-refractivity contribution in [2.45, 2.75) is 6.42 Å². The summed E-state index contributed by atoms with van der Waals surface area (Å²) in [5.41, 5.74) is 0. The lowest BCUT2D eigenvalue weighted by Gasteiger charge is -1.86. The van der Waals surface area contributed by atoms with Gasteiger partial charge < -0.3 is 10.2 Å². The van der Waals surface area contributed by atoms with Gasteiger partial charge >= 0.3 is 0 Å². The number of allylic oxidation sites excluding steroid dienone is 4. The van der Waals surface area contributed by atoms with Gasteiger partial charge in [-0.1, -0.05) is 6.08 Å². The second-order valence-electron chi connectivity index (χ2n) is 1.86. The van der Waals surface area contributed by atoms with Crippen molar-refractivity contribution in [3.05, 3.63) is 35.8 Å². The largest absolute Gasteiger partial charge is 0.512 e. The van der Waals surface area contributed by atoms with Crippen molar-refractivity contribution in [2.75, 3.05) is 0 Å². The maximum absolute atomic E-state index is 8.86. The minimum absolute atomic E-state index is 0.180. The van der Waals surface area contributed by atoms with E-state index in [2.05, 4.69) is 0 Å². The molecular formula is C7H8O2. The molecule has 0 heterocycles. The van der Waals surface area contributed by atoms with E-state index in [1.165, 1.54) is 12.2 Å². The van der Waals surface area contributed by atoms with Crippen LogP contribution in [0.5, 0.6) is 0 Å². The van der Waals surface area contributed by atoms with E-state index in [9.17, 15) is 0 Å². The van der Waals surface area contributed by atoms with E-state index in [0.29, 0.717) is 6.42 Å². The quantitative estimate of drug-likeness (QED) is 0.517. The molecule has 2 nitrogen and oxygen atoms in total. The molecule has 0 atom stereocenters. The highest BCUT2D eigenvalue weighted by atomic mass is 16.3. The van der Waals surface area contributed by atoms with E-state index in [4.69, 9.17) is 10.2 Å². The van der Waals surface area contributed by atoms with Gasteiger partial charge in [-0.05, 0) is 18.2 Å². The molecule has 0 saturated carbocycles. The number of aliphatic hydroxyl groups is 2. The predicted octanol–water partition coefficient (Wildman–Crippen LogP) is 1.83. The van der Waals surface area contributed by atoms with Gasteiger partial charge in [0.05, 0.1) is 5.76 Å².